The van der Waals surface area contributed by atoms with Gasteiger partial charge in [-0.2, -0.15) is 0 Å². The normalized spacial score (nSPS) is 10.8. The lowest BCUT2D eigenvalue weighted by atomic mass is 10.0. The molecule has 0 saturated carbocycles. The van der Waals surface area contributed by atoms with Gasteiger partial charge in [0.15, 0.2) is 0 Å². The summed E-state index contributed by atoms with van der Waals surface area (Å²) in [7, 11) is 1.68. The zero-order chi connectivity index (χ0) is 15.6. The summed E-state index contributed by atoms with van der Waals surface area (Å²) in [5.41, 5.74) is 4.64. The molecular weight excluding hydrogens is 288 g/mol. The fourth-order valence-corrected chi connectivity index (χ4v) is 2.68. The van der Waals surface area contributed by atoms with Crippen LogP contribution in [0.4, 0.5) is 0 Å². The van der Waals surface area contributed by atoms with E-state index in [-0.39, 0.29) is 0 Å². The van der Waals surface area contributed by atoms with E-state index in [1.54, 1.807) is 31.9 Å². The second-order valence-electron chi connectivity index (χ2n) is 5.11. The molecule has 1 aromatic carbocycles. The largest absolute Gasteiger partial charge is 0.496 e. The van der Waals surface area contributed by atoms with Gasteiger partial charge in [0.1, 0.15) is 11.4 Å². The van der Waals surface area contributed by atoms with Crippen molar-refractivity contribution in [2.75, 3.05) is 7.11 Å². The number of hydrogen-bond donors (Lipinski definition) is 1. The molecule has 0 aliphatic heterocycles. The number of H-pyrrole nitrogens is 1. The van der Waals surface area contributed by atoms with Crippen LogP contribution in [0.3, 0.4) is 0 Å². The average Bonchev–Trinajstić information content (AvgIpc) is 3.05. The van der Waals surface area contributed by atoms with Crippen molar-refractivity contribution >= 4 is 11.0 Å². The topological polar surface area (TPSA) is 63.7 Å². The first-order valence-corrected chi connectivity index (χ1v) is 7.24. The summed E-state index contributed by atoms with van der Waals surface area (Å²) in [6.07, 6.45) is 8.83. The highest BCUT2D eigenvalue weighted by molar-refractivity contribution is 5.97. The molecule has 0 bridgehead atoms. The van der Waals surface area contributed by atoms with Crippen LogP contribution in [0.5, 0.6) is 5.75 Å². The number of pyridine rings is 1. The number of aromatic nitrogens is 4. The summed E-state index contributed by atoms with van der Waals surface area (Å²) in [4.78, 5) is 16.2. The highest BCUT2D eigenvalue weighted by Crippen LogP contribution is 2.35. The van der Waals surface area contributed by atoms with Crippen LogP contribution in [0, 0.1) is 0 Å². The lowest BCUT2D eigenvalue weighted by Gasteiger charge is -2.07. The van der Waals surface area contributed by atoms with Gasteiger partial charge in [0, 0.05) is 46.9 Å². The number of para-hydroxylation sites is 1. The summed E-state index contributed by atoms with van der Waals surface area (Å²) in [5, 5.41) is 1.03. The van der Waals surface area contributed by atoms with Gasteiger partial charge in [0.05, 0.1) is 19.0 Å². The third-order valence-electron chi connectivity index (χ3n) is 3.79. The highest BCUT2D eigenvalue weighted by Gasteiger charge is 2.12. The van der Waals surface area contributed by atoms with Gasteiger partial charge in [-0.25, -0.2) is 4.98 Å². The van der Waals surface area contributed by atoms with Crippen LogP contribution in [-0.2, 0) is 0 Å². The molecule has 5 heteroatoms. The van der Waals surface area contributed by atoms with Crippen molar-refractivity contribution in [3.63, 3.8) is 0 Å². The molecular formula is C18H14N4O. The van der Waals surface area contributed by atoms with E-state index in [9.17, 15) is 0 Å². The smallest absolute Gasteiger partial charge is 0.137 e. The maximum atomic E-state index is 5.48. The van der Waals surface area contributed by atoms with E-state index in [2.05, 4.69) is 26.0 Å². The Kier molecular flexibility index (Phi) is 3.24. The van der Waals surface area contributed by atoms with Crippen LogP contribution < -0.4 is 4.74 Å². The van der Waals surface area contributed by atoms with E-state index < -0.39 is 0 Å². The summed E-state index contributed by atoms with van der Waals surface area (Å²) in [5.74, 6) is 0.832. The Hall–Kier alpha value is -3.21. The Morgan fingerprint density at radius 2 is 1.91 bits per heavy atom. The number of methoxy groups -OCH3 is 1. The number of rotatable bonds is 3. The molecule has 4 rings (SSSR count). The third kappa shape index (κ3) is 2.32. The molecule has 0 aliphatic carbocycles. The standard InChI is InChI=1S/C18H14N4O/c1-23-17-5-3-2-4-13(17)15-10-22-18-14(15)8-12(9-21-18)16-11-19-6-7-20-16/h2-11H,1H3,(H,21,22). The quantitative estimate of drug-likeness (QED) is 0.627. The Labute approximate surface area is 133 Å². The van der Waals surface area contributed by atoms with Crippen molar-refractivity contribution in [3.8, 4) is 28.1 Å². The van der Waals surface area contributed by atoms with Gasteiger partial charge >= 0.3 is 0 Å². The molecule has 3 heterocycles. The maximum absolute atomic E-state index is 5.48. The van der Waals surface area contributed by atoms with Gasteiger partial charge in [-0.05, 0) is 12.1 Å². The molecule has 5 nitrogen and oxygen atoms in total. The van der Waals surface area contributed by atoms with E-state index in [4.69, 9.17) is 4.74 Å². The predicted octanol–water partition coefficient (Wildman–Crippen LogP) is 3.70. The Morgan fingerprint density at radius 1 is 1.00 bits per heavy atom. The molecule has 1 N–H and O–H groups in total. The minimum atomic E-state index is 0.800. The molecule has 0 spiro atoms. The van der Waals surface area contributed by atoms with Crippen molar-refractivity contribution in [3.05, 3.63) is 61.3 Å². The number of aromatic amines is 1. The van der Waals surface area contributed by atoms with Crippen LogP contribution in [0.2, 0.25) is 0 Å². The van der Waals surface area contributed by atoms with Gasteiger partial charge in [-0.3, -0.25) is 9.97 Å². The van der Waals surface area contributed by atoms with Crippen molar-refractivity contribution in [1.29, 1.82) is 0 Å². The SMILES string of the molecule is COc1ccccc1-c1c[nH]c2ncc(-c3cnccn3)cc12. The molecule has 4 aromatic rings. The van der Waals surface area contributed by atoms with Gasteiger partial charge in [0.2, 0.25) is 0 Å². The van der Waals surface area contributed by atoms with E-state index in [0.29, 0.717) is 0 Å². The molecule has 0 radical (unpaired) electrons. The zero-order valence-electron chi connectivity index (χ0n) is 12.5. The number of nitrogens with zero attached hydrogens (tertiary/aromatic N) is 3. The van der Waals surface area contributed by atoms with Gasteiger partial charge < -0.3 is 9.72 Å². The first kappa shape index (κ1) is 13.5. The number of hydrogen-bond acceptors (Lipinski definition) is 4. The molecule has 0 atom stereocenters. The van der Waals surface area contributed by atoms with Crippen molar-refractivity contribution in [1.82, 2.24) is 19.9 Å². The monoisotopic (exact) mass is 302 g/mol. The highest BCUT2D eigenvalue weighted by atomic mass is 16.5. The van der Waals surface area contributed by atoms with Crippen LogP contribution in [-0.4, -0.2) is 27.0 Å². The molecule has 0 amide bonds. The minimum Gasteiger partial charge on any atom is -0.496 e. The summed E-state index contributed by atoms with van der Waals surface area (Å²) < 4.78 is 5.48. The van der Waals surface area contributed by atoms with Crippen molar-refractivity contribution in [2.24, 2.45) is 0 Å². The van der Waals surface area contributed by atoms with E-state index in [1.165, 1.54) is 0 Å². The Morgan fingerprint density at radius 3 is 2.74 bits per heavy atom. The summed E-state index contributed by atoms with van der Waals surface area (Å²) >= 11 is 0. The van der Waals surface area contributed by atoms with E-state index >= 15 is 0 Å². The number of nitrogens with one attached hydrogen (secondary N) is 1. The van der Waals surface area contributed by atoms with Crippen LogP contribution in [0.15, 0.2) is 61.3 Å². The third-order valence-corrected chi connectivity index (χ3v) is 3.79. The fourth-order valence-electron chi connectivity index (χ4n) is 2.68. The second-order valence-corrected chi connectivity index (χ2v) is 5.11. The number of ether oxygens (including phenoxy) is 1. The fraction of sp³-hybridized carbons (Fsp3) is 0.0556. The molecule has 0 aliphatic rings. The van der Waals surface area contributed by atoms with E-state index in [0.717, 1.165) is 39.2 Å². The van der Waals surface area contributed by atoms with Gasteiger partial charge in [-0.15, -0.1) is 0 Å². The van der Waals surface area contributed by atoms with Crippen LogP contribution in [0.1, 0.15) is 0 Å². The van der Waals surface area contributed by atoms with Crippen molar-refractivity contribution in [2.45, 2.75) is 0 Å². The first-order valence-electron chi connectivity index (χ1n) is 7.24. The first-order chi connectivity index (χ1) is 11.4. The molecule has 112 valence electrons. The van der Waals surface area contributed by atoms with Gasteiger partial charge in [0.25, 0.3) is 0 Å². The number of fused-ring (bicyclic) bond motifs is 1. The zero-order valence-corrected chi connectivity index (χ0v) is 12.5. The molecule has 0 unspecified atom stereocenters. The lowest BCUT2D eigenvalue weighted by molar-refractivity contribution is 0.416. The van der Waals surface area contributed by atoms with Gasteiger partial charge in [-0.1, -0.05) is 18.2 Å². The number of benzene rings is 1. The maximum Gasteiger partial charge on any atom is 0.137 e. The van der Waals surface area contributed by atoms with Crippen molar-refractivity contribution < 1.29 is 4.74 Å². The average molecular weight is 302 g/mol. The molecule has 0 saturated heterocycles. The summed E-state index contributed by atoms with van der Waals surface area (Å²) in [6.45, 7) is 0. The van der Waals surface area contributed by atoms with E-state index in [1.807, 2.05) is 30.5 Å². The van der Waals surface area contributed by atoms with Crippen LogP contribution >= 0.6 is 0 Å². The lowest BCUT2D eigenvalue weighted by Crippen LogP contribution is -1.88. The molecule has 0 fully saturated rings. The van der Waals surface area contributed by atoms with Crippen LogP contribution in [0.25, 0.3) is 33.4 Å². The Bertz CT molecular complexity index is 963. The Balaban J connectivity index is 1.92. The molecule has 23 heavy (non-hydrogen) atoms. The predicted molar refractivity (Wildman–Crippen MR) is 89.1 cm³/mol. The summed E-state index contributed by atoms with van der Waals surface area (Å²) in [6, 6.07) is 10.0. The second kappa shape index (κ2) is 5.53. The minimum absolute atomic E-state index is 0.800. The molecule has 3 aromatic heterocycles.